The lowest BCUT2D eigenvalue weighted by Gasteiger charge is -2.10. The van der Waals surface area contributed by atoms with E-state index in [1.165, 1.54) is 12.1 Å². The molecule has 18 heavy (non-hydrogen) atoms. The lowest BCUT2D eigenvalue weighted by atomic mass is 9.97. The van der Waals surface area contributed by atoms with Gasteiger partial charge in [-0.25, -0.2) is 0 Å². The average molecular weight is 267 g/mol. The highest BCUT2D eigenvalue weighted by molar-refractivity contribution is 7.86. The first-order valence-electron chi connectivity index (χ1n) is 5.68. The lowest BCUT2D eigenvalue weighted by molar-refractivity contribution is -0.113. The maximum Gasteiger partial charge on any atom is 0.358 e. The van der Waals surface area contributed by atoms with E-state index in [1.807, 2.05) is 0 Å². The minimum atomic E-state index is -3.92. The summed E-state index contributed by atoms with van der Waals surface area (Å²) in [6.07, 6.45) is 2.54. The van der Waals surface area contributed by atoms with Crippen LogP contribution >= 0.6 is 0 Å². The van der Waals surface area contributed by atoms with E-state index in [0.29, 0.717) is 12.8 Å². The summed E-state index contributed by atoms with van der Waals surface area (Å²) in [6.45, 7) is 0. The highest BCUT2D eigenvalue weighted by Crippen LogP contribution is 2.15. The summed E-state index contributed by atoms with van der Waals surface area (Å²) in [7, 11) is -3.92. The average Bonchev–Trinajstić information content (AvgIpc) is 2.39. The molecule has 0 heterocycles. The monoisotopic (exact) mass is 267 g/mol. The predicted molar refractivity (Wildman–Crippen MR) is 65.6 cm³/mol. The van der Waals surface area contributed by atoms with Crippen molar-refractivity contribution in [3.8, 4) is 0 Å². The molecule has 0 unspecified atom stereocenters. The summed E-state index contributed by atoms with van der Waals surface area (Å²) in [5.74, 6) is -0.135. The van der Waals surface area contributed by atoms with Gasteiger partial charge in [-0.3, -0.25) is 9.08 Å². The molecule has 0 atom stereocenters. The van der Waals surface area contributed by atoms with E-state index in [2.05, 4.69) is 9.44 Å². The summed E-state index contributed by atoms with van der Waals surface area (Å²) in [4.78, 5) is 11.5. The van der Waals surface area contributed by atoms with Gasteiger partial charge in [0.1, 0.15) is 10.6 Å². The molecule has 0 bridgehead atoms. The quantitative estimate of drug-likeness (QED) is 0.784. The van der Waals surface area contributed by atoms with Gasteiger partial charge >= 0.3 is 10.1 Å². The van der Waals surface area contributed by atoms with Crippen LogP contribution in [0.15, 0.2) is 40.4 Å². The molecule has 0 aliphatic heterocycles. The summed E-state index contributed by atoms with van der Waals surface area (Å²) < 4.78 is 28.0. The Morgan fingerprint density at radius 3 is 2.39 bits per heavy atom. The van der Waals surface area contributed by atoms with E-state index in [9.17, 15) is 13.2 Å². The van der Waals surface area contributed by atoms with Gasteiger partial charge in [0, 0.05) is 6.42 Å². The van der Waals surface area contributed by atoms with Crippen molar-refractivity contribution >= 4 is 21.6 Å². The van der Waals surface area contributed by atoms with Gasteiger partial charge in [-0.05, 0) is 31.4 Å². The molecule has 2 rings (SSSR count). The Morgan fingerprint density at radius 1 is 1.06 bits per heavy atom. The van der Waals surface area contributed by atoms with Crippen molar-refractivity contribution in [3.05, 3.63) is 30.3 Å². The van der Waals surface area contributed by atoms with E-state index in [-0.39, 0.29) is 16.4 Å². The number of carbonyl (C=O) groups excluding carboxylic acids is 1. The number of Topliss-reactive ketones (excluding diaryl/α,β-unsaturated/α-hetero) is 1. The molecular weight excluding hydrogens is 254 g/mol. The molecular formula is C12H13NO4S. The molecule has 96 valence electrons. The molecule has 1 aromatic rings. The predicted octanol–water partition coefficient (Wildman–Crippen LogP) is 1.89. The van der Waals surface area contributed by atoms with E-state index in [1.54, 1.807) is 18.2 Å². The van der Waals surface area contributed by atoms with Gasteiger partial charge in [0.2, 0.25) is 0 Å². The molecule has 0 spiro atoms. The fourth-order valence-electron chi connectivity index (χ4n) is 1.68. The number of oxime groups is 1. The van der Waals surface area contributed by atoms with Crippen LogP contribution in [-0.4, -0.2) is 19.9 Å². The Labute approximate surface area is 106 Å². The van der Waals surface area contributed by atoms with Crippen molar-refractivity contribution in [2.24, 2.45) is 5.16 Å². The lowest BCUT2D eigenvalue weighted by Crippen LogP contribution is -2.19. The van der Waals surface area contributed by atoms with Gasteiger partial charge in [0.15, 0.2) is 5.78 Å². The standard InChI is InChI=1S/C12H13NO4S/c14-12-9-5-4-8-11(12)13-17-18(15,16)10-6-2-1-3-7-10/h1-3,6-7H,4-5,8-9H2/b13-11-. The summed E-state index contributed by atoms with van der Waals surface area (Å²) >= 11 is 0. The first kappa shape index (κ1) is 12.8. The molecule has 0 amide bonds. The minimum Gasteiger partial charge on any atom is -0.293 e. The van der Waals surface area contributed by atoms with Gasteiger partial charge in [-0.2, -0.15) is 8.42 Å². The topological polar surface area (TPSA) is 72.8 Å². The molecule has 1 aliphatic rings. The second-order valence-electron chi connectivity index (χ2n) is 4.01. The van der Waals surface area contributed by atoms with Crippen molar-refractivity contribution in [2.75, 3.05) is 0 Å². The Balaban J connectivity index is 2.14. The van der Waals surface area contributed by atoms with Crippen LogP contribution in [0.3, 0.4) is 0 Å². The molecule has 0 radical (unpaired) electrons. The van der Waals surface area contributed by atoms with Crippen LogP contribution in [0, 0.1) is 0 Å². The van der Waals surface area contributed by atoms with Crippen LogP contribution in [0.5, 0.6) is 0 Å². The van der Waals surface area contributed by atoms with Gasteiger partial charge in [0.05, 0.1) is 0 Å². The Bertz CT molecular complexity index is 563. The summed E-state index contributed by atoms with van der Waals surface area (Å²) in [5.41, 5.74) is 0.209. The zero-order valence-electron chi connectivity index (χ0n) is 9.70. The number of hydrogen-bond donors (Lipinski definition) is 0. The van der Waals surface area contributed by atoms with Gasteiger partial charge < -0.3 is 0 Å². The molecule has 1 fully saturated rings. The van der Waals surface area contributed by atoms with Crippen molar-refractivity contribution in [2.45, 2.75) is 30.6 Å². The molecule has 0 N–H and O–H groups in total. The molecule has 6 heteroatoms. The Kier molecular flexibility index (Phi) is 3.76. The number of ketones is 1. The summed E-state index contributed by atoms with van der Waals surface area (Å²) in [6, 6.07) is 7.72. The molecule has 0 saturated heterocycles. The maximum atomic E-state index is 11.7. The fourth-order valence-corrected chi connectivity index (χ4v) is 2.45. The van der Waals surface area contributed by atoms with Gasteiger partial charge in [0.25, 0.3) is 0 Å². The highest BCUT2D eigenvalue weighted by Gasteiger charge is 2.20. The number of rotatable bonds is 3. The molecule has 5 nitrogen and oxygen atoms in total. The Hall–Kier alpha value is -1.69. The normalized spacial score (nSPS) is 18.9. The van der Waals surface area contributed by atoms with Gasteiger partial charge in [-0.15, -0.1) is 0 Å². The SMILES string of the molecule is O=C1CCCC/C1=N/OS(=O)(=O)c1ccccc1. The smallest absolute Gasteiger partial charge is 0.293 e. The van der Waals surface area contributed by atoms with Crippen LogP contribution in [-0.2, 0) is 19.2 Å². The highest BCUT2D eigenvalue weighted by atomic mass is 32.2. The van der Waals surface area contributed by atoms with Crippen LogP contribution in [0.1, 0.15) is 25.7 Å². The first-order valence-corrected chi connectivity index (χ1v) is 7.09. The zero-order valence-corrected chi connectivity index (χ0v) is 10.5. The van der Waals surface area contributed by atoms with E-state index < -0.39 is 10.1 Å². The Morgan fingerprint density at radius 2 is 1.72 bits per heavy atom. The molecule has 1 aliphatic carbocycles. The maximum absolute atomic E-state index is 11.7. The van der Waals surface area contributed by atoms with Crippen molar-refractivity contribution in [1.29, 1.82) is 0 Å². The number of nitrogens with zero attached hydrogens (tertiary/aromatic N) is 1. The van der Waals surface area contributed by atoms with Crippen LogP contribution in [0.25, 0.3) is 0 Å². The third-order valence-electron chi connectivity index (χ3n) is 2.67. The van der Waals surface area contributed by atoms with E-state index in [0.717, 1.165) is 12.8 Å². The third kappa shape index (κ3) is 2.95. The van der Waals surface area contributed by atoms with E-state index >= 15 is 0 Å². The van der Waals surface area contributed by atoms with Gasteiger partial charge in [-0.1, -0.05) is 23.4 Å². The third-order valence-corrected chi connectivity index (χ3v) is 3.79. The molecule has 1 aromatic carbocycles. The summed E-state index contributed by atoms with van der Waals surface area (Å²) in [5, 5.41) is 3.49. The first-order chi connectivity index (χ1) is 8.59. The number of benzene rings is 1. The van der Waals surface area contributed by atoms with Crippen molar-refractivity contribution in [3.63, 3.8) is 0 Å². The van der Waals surface area contributed by atoms with Crippen molar-refractivity contribution < 1.29 is 17.5 Å². The zero-order chi connectivity index (χ0) is 13.0. The molecule has 0 aromatic heterocycles. The van der Waals surface area contributed by atoms with Crippen LogP contribution < -0.4 is 0 Å². The second kappa shape index (κ2) is 5.30. The minimum absolute atomic E-state index is 0.0256. The molecule has 1 saturated carbocycles. The number of hydrogen-bond acceptors (Lipinski definition) is 5. The van der Waals surface area contributed by atoms with E-state index in [4.69, 9.17) is 0 Å². The van der Waals surface area contributed by atoms with Crippen molar-refractivity contribution in [1.82, 2.24) is 0 Å². The fraction of sp³-hybridized carbons (Fsp3) is 0.333. The largest absolute Gasteiger partial charge is 0.358 e. The van der Waals surface area contributed by atoms with Crippen LogP contribution in [0.4, 0.5) is 0 Å². The number of carbonyl (C=O) groups is 1. The second-order valence-corrected chi connectivity index (χ2v) is 5.54. The van der Waals surface area contributed by atoms with Crippen LogP contribution in [0.2, 0.25) is 0 Å².